The molecular formula is C18H18N6. The summed E-state index contributed by atoms with van der Waals surface area (Å²) in [5.41, 5.74) is 11.5. The Labute approximate surface area is 139 Å². The zero-order valence-electron chi connectivity index (χ0n) is 13.9. The Balaban J connectivity index is 1.94. The van der Waals surface area contributed by atoms with Crippen LogP contribution in [-0.4, -0.2) is 24.1 Å². The highest BCUT2D eigenvalue weighted by Crippen LogP contribution is 2.31. The van der Waals surface area contributed by atoms with Crippen LogP contribution in [0, 0.1) is 13.8 Å². The van der Waals surface area contributed by atoms with Gasteiger partial charge in [0, 0.05) is 12.6 Å². The van der Waals surface area contributed by atoms with Crippen LogP contribution in [-0.2, 0) is 7.05 Å². The maximum atomic E-state index is 5.76. The molecule has 0 amide bonds. The van der Waals surface area contributed by atoms with Crippen LogP contribution in [0.15, 0.2) is 42.6 Å². The lowest BCUT2D eigenvalue weighted by Gasteiger charge is -2.07. The maximum absolute atomic E-state index is 5.76. The molecular weight excluding hydrogens is 300 g/mol. The van der Waals surface area contributed by atoms with Gasteiger partial charge in [-0.2, -0.15) is 5.10 Å². The van der Waals surface area contributed by atoms with E-state index in [2.05, 4.69) is 45.8 Å². The lowest BCUT2D eigenvalue weighted by molar-refractivity contribution is 0.850. The van der Waals surface area contributed by atoms with Crippen LogP contribution < -0.4 is 5.73 Å². The first-order valence-corrected chi connectivity index (χ1v) is 7.75. The monoisotopic (exact) mass is 318 g/mol. The molecule has 0 bridgehead atoms. The minimum Gasteiger partial charge on any atom is -0.382 e. The Bertz CT molecular complexity index is 1040. The molecule has 0 atom stereocenters. The highest BCUT2D eigenvalue weighted by atomic mass is 15.3. The molecule has 4 rings (SSSR count). The number of hydrogen-bond acceptors (Lipinski definition) is 4. The predicted octanol–water partition coefficient (Wildman–Crippen LogP) is 3.00. The molecule has 3 heterocycles. The first kappa shape index (κ1) is 14.4. The smallest absolute Gasteiger partial charge is 0.156 e. The average Bonchev–Trinajstić information content (AvgIpc) is 3.07. The Morgan fingerprint density at radius 2 is 1.71 bits per heavy atom. The molecule has 0 saturated heterocycles. The van der Waals surface area contributed by atoms with Crippen molar-refractivity contribution in [3.8, 4) is 22.6 Å². The molecule has 24 heavy (non-hydrogen) atoms. The van der Waals surface area contributed by atoms with E-state index in [0.717, 1.165) is 34.1 Å². The van der Waals surface area contributed by atoms with Crippen molar-refractivity contribution in [2.24, 2.45) is 7.05 Å². The van der Waals surface area contributed by atoms with E-state index < -0.39 is 0 Å². The number of fused-ring (bicyclic) bond motifs is 1. The SMILES string of the molecule is Cc1ccc(-c2nc(C)n(C)c2-c2ccc3nc(N)cn3n2)cc1. The number of benzene rings is 1. The number of nitrogens with two attached hydrogens (primary N) is 1. The fourth-order valence-corrected chi connectivity index (χ4v) is 2.84. The number of nitrogens with zero attached hydrogens (tertiary/aromatic N) is 5. The van der Waals surface area contributed by atoms with E-state index in [4.69, 9.17) is 10.7 Å². The summed E-state index contributed by atoms with van der Waals surface area (Å²) in [7, 11) is 2.00. The van der Waals surface area contributed by atoms with E-state index in [1.54, 1.807) is 10.7 Å². The predicted molar refractivity (Wildman–Crippen MR) is 94.5 cm³/mol. The van der Waals surface area contributed by atoms with Crippen LogP contribution in [0.25, 0.3) is 28.3 Å². The number of aromatic nitrogens is 5. The van der Waals surface area contributed by atoms with E-state index in [9.17, 15) is 0 Å². The van der Waals surface area contributed by atoms with Crippen molar-refractivity contribution in [1.29, 1.82) is 0 Å². The van der Waals surface area contributed by atoms with Gasteiger partial charge in [-0.1, -0.05) is 29.8 Å². The number of imidazole rings is 2. The molecule has 6 heteroatoms. The van der Waals surface area contributed by atoms with Gasteiger partial charge < -0.3 is 10.3 Å². The molecule has 3 aromatic heterocycles. The standard InChI is InChI=1S/C18H18N6/c1-11-4-6-13(7-5-11)17-18(23(3)12(2)20-17)14-8-9-16-21-15(19)10-24(16)22-14/h4-10H,19H2,1-3H3. The highest BCUT2D eigenvalue weighted by molar-refractivity contribution is 5.77. The number of nitrogen functional groups attached to an aromatic ring is 1. The summed E-state index contributed by atoms with van der Waals surface area (Å²) >= 11 is 0. The molecule has 4 aromatic rings. The van der Waals surface area contributed by atoms with Crippen molar-refractivity contribution in [3.63, 3.8) is 0 Å². The molecule has 0 unspecified atom stereocenters. The minimum atomic E-state index is 0.458. The summed E-state index contributed by atoms with van der Waals surface area (Å²) in [6, 6.07) is 12.2. The molecule has 2 N–H and O–H groups in total. The molecule has 6 nitrogen and oxygen atoms in total. The number of rotatable bonds is 2. The van der Waals surface area contributed by atoms with Crippen molar-refractivity contribution in [1.82, 2.24) is 24.1 Å². The molecule has 0 aliphatic carbocycles. The van der Waals surface area contributed by atoms with Crippen LogP contribution in [0.3, 0.4) is 0 Å². The van der Waals surface area contributed by atoms with Gasteiger partial charge in [0.2, 0.25) is 0 Å². The molecule has 120 valence electrons. The Morgan fingerprint density at radius 1 is 0.958 bits per heavy atom. The van der Waals surface area contributed by atoms with Crippen molar-refractivity contribution in [2.45, 2.75) is 13.8 Å². The number of aryl methyl sites for hydroxylation is 2. The summed E-state index contributed by atoms with van der Waals surface area (Å²) in [5, 5.41) is 4.66. The van der Waals surface area contributed by atoms with E-state index in [1.807, 2.05) is 26.1 Å². The van der Waals surface area contributed by atoms with Gasteiger partial charge in [-0.3, -0.25) is 0 Å². The Morgan fingerprint density at radius 3 is 2.46 bits per heavy atom. The van der Waals surface area contributed by atoms with Gasteiger partial charge in [-0.25, -0.2) is 14.5 Å². The quantitative estimate of drug-likeness (QED) is 0.616. The fraction of sp³-hybridized carbons (Fsp3) is 0.167. The molecule has 0 fully saturated rings. The van der Waals surface area contributed by atoms with Crippen molar-refractivity contribution in [2.75, 3.05) is 5.73 Å². The second kappa shape index (κ2) is 5.19. The van der Waals surface area contributed by atoms with E-state index in [0.29, 0.717) is 5.82 Å². The van der Waals surface area contributed by atoms with Gasteiger partial charge in [-0.15, -0.1) is 0 Å². The normalized spacial score (nSPS) is 11.3. The van der Waals surface area contributed by atoms with Gasteiger partial charge in [0.25, 0.3) is 0 Å². The summed E-state index contributed by atoms with van der Waals surface area (Å²) < 4.78 is 3.76. The third kappa shape index (κ3) is 2.23. The van der Waals surface area contributed by atoms with Crippen LogP contribution in [0.4, 0.5) is 5.82 Å². The minimum absolute atomic E-state index is 0.458. The van der Waals surface area contributed by atoms with Gasteiger partial charge in [0.15, 0.2) is 5.65 Å². The topological polar surface area (TPSA) is 74.0 Å². The summed E-state index contributed by atoms with van der Waals surface area (Å²) in [5.74, 6) is 1.40. The highest BCUT2D eigenvalue weighted by Gasteiger charge is 2.17. The zero-order chi connectivity index (χ0) is 16.8. The molecule has 0 aliphatic rings. The fourth-order valence-electron chi connectivity index (χ4n) is 2.84. The van der Waals surface area contributed by atoms with Crippen LogP contribution in [0.5, 0.6) is 0 Å². The first-order chi connectivity index (χ1) is 11.5. The van der Waals surface area contributed by atoms with Crippen LogP contribution in [0.2, 0.25) is 0 Å². The lowest BCUT2D eigenvalue weighted by Crippen LogP contribution is -2.00. The molecule has 0 aliphatic heterocycles. The van der Waals surface area contributed by atoms with Crippen molar-refractivity contribution < 1.29 is 0 Å². The molecule has 0 spiro atoms. The molecule has 0 saturated carbocycles. The second-order valence-corrected chi connectivity index (χ2v) is 5.97. The third-order valence-corrected chi connectivity index (χ3v) is 4.23. The van der Waals surface area contributed by atoms with E-state index in [-0.39, 0.29) is 0 Å². The van der Waals surface area contributed by atoms with Gasteiger partial charge in [-0.05, 0) is 26.0 Å². The maximum Gasteiger partial charge on any atom is 0.156 e. The zero-order valence-corrected chi connectivity index (χ0v) is 13.9. The summed E-state index contributed by atoms with van der Waals surface area (Å²) in [6.07, 6.45) is 1.72. The van der Waals surface area contributed by atoms with Crippen molar-refractivity contribution >= 4 is 11.5 Å². The van der Waals surface area contributed by atoms with Crippen LogP contribution in [0.1, 0.15) is 11.4 Å². The third-order valence-electron chi connectivity index (χ3n) is 4.23. The van der Waals surface area contributed by atoms with Gasteiger partial charge in [0.05, 0.1) is 17.6 Å². The molecule has 0 radical (unpaired) electrons. The summed E-state index contributed by atoms with van der Waals surface area (Å²) in [4.78, 5) is 8.97. The van der Waals surface area contributed by atoms with Gasteiger partial charge >= 0.3 is 0 Å². The van der Waals surface area contributed by atoms with Crippen molar-refractivity contribution in [3.05, 3.63) is 54.0 Å². The first-order valence-electron chi connectivity index (χ1n) is 7.75. The molecule has 1 aromatic carbocycles. The Hall–Kier alpha value is -3.15. The van der Waals surface area contributed by atoms with E-state index in [1.165, 1.54) is 5.56 Å². The average molecular weight is 318 g/mol. The number of hydrogen-bond donors (Lipinski definition) is 1. The summed E-state index contributed by atoms with van der Waals surface area (Å²) in [6.45, 7) is 4.07. The lowest BCUT2D eigenvalue weighted by atomic mass is 10.1. The van der Waals surface area contributed by atoms with E-state index >= 15 is 0 Å². The largest absolute Gasteiger partial charge is 0.382 e. The second-order valence-electron chi connectivity index (χ2n) is 5.97. The van der Waals surface area contributed by atoms with Crippen LogP contribution >= 0.6 is 0 Å². The van der Waals surface area contributed by atoms with Gasteiger partial charge in [0.1, 0.15) is 17.3 Å². The number of anilines is 1. The Kier molecular flexibility index (Phi) is 3.13.